The summed E-state index contributed by atoms with van der Waals surface area (Å²) >= 11 is 3.44. The second-order valence-corrected chi connectivity index (χ2v) is 9.34. The molecule has 0 saturated carbocycles. The molecule has 0 aromatic carbocycles. The second kappa shape index (κ2) is 8.11. The number of carbonyl (C=O) groups is 1. The van der Waals surface area contributed by atoms with Crippen LogP contribution in [0.25, 0.3) is 0 Å². The fourth-order valence-electron chi connectivity index (χ4n) is 3.09. The molecule has 3 rings (SSSR count). The number of amides is 1. The first kappa shape index (κ1) is 20.0. The smallest absolute Gasteiger partial charge is 0.246 e. The Balaban J connectivity index is 1.63. The van der Waals surface area contributed by atoms with Crippen molar-refractivity contribution in [2.24, 2.45) is 13.0 Å². The Hall–Kier alpha value is -1.72. The molecular formula is C16H23BrN6O3S. The minimum atomic E-state index is -3.63. The van der Waals surface area contributed by atoms with Crippen molar-refractivity contribution < 1.29 is 13.2 Å². The second-order valence-electron chi connectivity index (χ2n) is 6.55. The molecule has 148 valence electrons. The Labute approximate surface area is 166 Å². The quantitative estimate of drug-likeness (QED) is 0.698. The third-order valence-electron chi connectivity index (χ3n) is 4.62. The standard InChI is InChI=1S/C16H23BrN6O3S/c1-3-22-11-14(17)15(20-22)8-18-16(24)12-5-4-6-23(9-12)27(25,26)13-7-19-21(2)10-13/h7,10-12H,3-6,8-9H2,1-2H3,(H,18,24)/t12-/m1/s1. The number of nitrogens with one attached hydrogen (secondary N) is 1. The number of aryl methyl sites for hydroxylation is 2. The maximum Gasteiger partial charge on any atom is 0.246 e. The largest absolute Gasteiger partial charge is 0.350 e. The molecule has 1 N–H and O–H groups in total. The molecule has 0 aliphatic carbocycles. The van der Waals surface area contributed by atoms with Gasteiger partial charge in [0.25, 0.3) is 0 Å². The van der Waals surface area contributed by atoms with Crippen LogP contribution in [0, 0.1) is 5.92 Å². The van der Waals surface area contributed by atoms with Crippen LogP contribution in [0.15, 0.2) is 28.0 Å². The lowest BCUT2D eigenvalue weighted by Gasteiger charge is -2.30. The predicted molar refractivity (Wildman–Crippen MR) is 102 cm³/mol. The van der Waals surface area contributed by atoms with E-state index in [9.17, 15) is 13.2 Å². The minimum absolute atomic E-state index is 0.153. The van der Waals surface area contributed by atoms with Crippen LogP contribution in [0.2, 0.25) is 0 Å². The first-order valence-corrected chi connectivity index (χ1v) is 11.0. The van der Waals surface area contributed by atoms with E-state index in [1.165, 1.54) is 21.4 Å². The van der Waals surface area contributed by atoms with Crippen molar-refractivity contribution in [2.45, 2.75) is 37.8 Å². The van der Waals surface area contributed by atoms with Gasteiger partial charge in [0.1, 0.15) is 4.90 Å². The molecule has 2 aromatic rings. The van der Waals surface area contributed by atoms with Gasteiger partial charge in [0.2, 0.25) is 15.9 Å². The molecule has 1 atom stereocenters. The van der Waals surface area contributed by atoms with E-state index in [1.54, 1.807) is 11.7 Å². The van der Waals surface area contributed by atoms with Gasteiger partial charge < -0.3 is 5.32 Å². The van der Waals surface area contributed by atoms with Gasteiger partial charge >= 0.3 is 0 Å². The first-order valence-electron chi connectivity index (χ1n) is 8.79. The van der Waals surface area contributed by atoms with E-state index < -0.39 is 10.0 Å². The van der Waals surface area contributed by atoms with E-state index in [4.69, 9.17) is 0 Å². The van der Waals surface area contributed by atoms with Crippen LogP contribution >= 0.6 is 15.9 Å². The van der Waals surface area contributed by atoms with E-state index in [1.807, 2.05) is 13.1 Å². The average molecular weight is 459 g/mol. The maximum atomic E-state index is 12.8. The summed E-state index contributed by atoms with van der Waals surface area (Å²) < 4.78 is 31.0. The minimum Gasteiger partial charge on any atom is -0.350 e. The summed E-state index contributed by atoms with van der Waals surface area (Å²) in [5, 5.41) is 11.2. The number of carbonyl (C=O) groups excluding carboxylic acids is 1. The highest BCUT2D eigenvalue weighted by atomic mass is 79.9. The van der Waals surface area contributed by atoms with Crippen LogP contribution in [0.5, 0.6) is 0 Å². The van der Waals surface area contributed by atoms with E-state index in [-0.39, 0.29) is 23.3 Å². The van der Waals surface area contributed by atoms with Crippen molar-refractivity contribution in [3.8, 4) is 0 Å². The van der Waals surface area contributed by atoms with Crippen LogP contribution in [0.3, 0.4) is 0 Å². The molecule has 27 heavy (non-hydrogen) atoms. The van der Waals surface area contributed by atoms with Crippen LogP contribution in [-0.4, -0.2) is 51.3 Å². The topological polar surface area (TPSA) is 102 Å². The van der Waals surface area contributed by atoms with Gasteiger partial charge in [-0.15, -0.1) is 0 Å². The molecule has 1 fully saturated rings. The van der Waals surface area contributed by atoms with Crippen molar-refractivity contribution in [2.75, 3.05) is 13.1 Å². The molecule has 0 bridgehead atoms. The number of rotatable bonds is 6. The van der Waals surface area contributed by atoms with E-state index >= 15 is 0 Å². The van der Waals surface area contributed by atoms with Crippen LogP contribution < -0.4 is 5.32 Å². The lowest BCUT2D eigenvalue weighted by Crippen LogP contribution is -2.45. The van der Waals surface area contributed by atoms with Crippen molar-refractivity contribution in [3.63, 3.8) is 0 Å². The molecule has 1 amide bonds. The number of halogens is 1. The number of hydrogen-bond acceptors (Lipinski definition) is 5. The Morgan fingerprint density at radius 1 is 1.41 bits per heavy atom. The number of nitrogens with zero attached hydrogens (tertiary/aromatic N) is 5. The summed E-state index contributed by atoms with van der Waals surface area (Å²) in [4.78, 5) is 12.7. The molecule has 2 aromatic heterocycles. The molecule has 1 saturated heterocycles. The Morgan fingerprint density at radius 3 is 2.81 bits per heavy atom. The van der Waals surface area contributed by atoms with Crippen LogP contribution in [0.1, 0.15) is 25.5 Å². The normalized spacial score (nSPS) is 18.6. The van der Waals surface area contributed by atoms with Gasteiger partial charge in [-0.3, -0.25) is 14.2 Å². The highest BCUT2D eigenvalue weighted by Gasteiger charge is 2.34. The summed E-state index contributed by atoms with van der Waals surface area (Å²) in [7, 11) is -1.96. The van der Waals surface area contributed by atoms with Crippen molar-refractivity contribution in [1.29, 1.82) is 0 Å². The Morgan fingerprint density at radius 2 is 2.19 bits per heavy atom. The van der Waals surface area contributed by atoms with Gasteiger partial charge in [-0.25, -0.2) is 8.42 Å². The van der Waals surface area contributed by atoms with Gasteiger partial charge in [-0.2, -0.15) is 14.5 Å². The summed E-state index contributed by atoms with van der Waals surface area (Å²) in [6.07, 6.45) is 5.98. The molecular weight excluding hydrogens is 436 g/mol. The van der Waals surface area contributed by atoms with Crippen LogP contribution in [-0.2, 0) is 35.0 Å². The maximum absolute atomic E-state index is 12.8. The lowest BCUT2D eigenvalue weighted by molar-refractivity contribution is -0.126. The molecule has 0 radical (unpaired) electrons. The lowest BCUT2D eigenvalue weighted by atomic mass is 9.99. The SMILES string of the molecule is CCn1cc(Br)c(CNC(=O)[C@@H]2CCCN(S(=O)(=O)c3cnn(C)c3)C2)n1. The van der Waals surface area contributed by atoms with Gasteiger partial charge in [-0.05, 0) is 35.7 Å². The molecule has 0 unspecified atom stereocenters. The van der Waals surface area contributed by atoms with E-state index in [2.05, 4.69) is 31.4 Å². The molecule has 11 heteroatoms. The van der Waals surface area contributed by atoms with Gasteiger partial charge in [0.05, 0.1) is 28.8 Å². The van der Waals surface area contributed by atoms with Gasteiger partial charge in [0.15, 0.2) is 0 Å². The fourth-order valence-corrected chi connectivity index (χ4v) is 5.06. The zero-order valence-electron chi connectivity index (χ0n) is 15.3. The van der Waals surface area contributed by atoms with Gasteiger partial charge in [-0.1, -0.05) is 0 Å². The number of sulfonamides is 1. The number of piperidine rings is 1. The Bertz CT molecular complexity index is 922. The Kier molecular flexibility index (Phi) is 6.02. The summed E-state index contributed by atoms with van der Waals surface area (Å²) in [5.74, 6) is -0.531. The van der Waals surface area contributed by atoms with Crippen molar-refractivity contribution in [3.05, 3.63) is 28.8 Å². The average Bonchev–Trinajstić information content (AvgIpc) is 3.25. The summed E-state index contributed by atoms with van der Waals surface area (Å²) in [5.41, 5.74) is 0.751. The molecule has 1 aliphatic rings. The zero-order valence-corrected chi connectivity index (χ0v) is 17.7. The van der Waals surface area contributed by atoms with E-state index in [0.717, 1.165) is 16.7 Å². The summed E-state index contributed by atoms with van der Waals surface area (Å²) in [6.45, 7) is 3.62. The third kappa shape index (κ3) is 4.41. The van der Waals surface area contributed by atoms with Crippen molar-refractivity contribution >= 4 is 31.9 Å². The van der Waals surface area contributed by atoms with Crippen molar-refractivity contribution in [1.82, 2.24) is 29.2 Å². The molecule has 1 aliphatic heterocycles. The van der Waals surface area contributed by atoms with E-state index in [0.29, 0.717) is 25.9 Å². The predicted octanol–water partition coefficient (Wildman–Crippen LogP) is 1.12. The number of aromatic nitrogens is 4. The molecule has 9 nitrogen and oxygen atoms in total. The monoisotopic (exact) mass is 458 g/mol. The molecule has 3 heterocycles. The highest BCUT2D eigenvalue weighted by Crippen LogP contribution is 2.24. The van der Waals surface area contributed by atoms with Crippen LogP contribution in [0.4, 0.5) is 0 Å². The fraction of sp³-hybridized carbons (Fsp3) is 0.562. The third-order valence-corrected chi connectivity index (χ3v) is 7.10. The first-order chi connectivity index (χ1) is 12.8. The highest BCUT2D eigenvalue weighted by molar-refractivity contribution is 9.10. The zero-order chi connectivity index (χ0) is 19.6. The number of hydrogen-bond donors (Lipinski definition) is 1. The molecule has 0 spiro atoms. The summed E-state index contributed by atoms with van der Waals surface area (Å²) in [6, 6.07) is 0. The van der Waals surface area contributed by atoms with Gasteiger partial charge in [0, 0.05) is 39.1 Å².